The first-order valence-electron chi connectivity index (χ1n) is 10.2. The van der Waals surface area contributed by atoms with Gasteiger partial charge in [0, 0.05) is 26.1 Å². The molecule has 1 atom stereocenters. The van der Waals surface area contributed by atoms with E-state index in [9.17, 15) is 9.59 Å². The standard InChI is InChI=1S/C23H28N2O6/c1-4-24-15-25(22(26)19-10-9-18(29-2)14-20(19)24)11-12-31-17-7-5-16(6-8-17)13-21(30-3)23(27)28/h5-10,14,21H,4,11-13,15H2,1-3H3,(H,27,28). The van der Waals surface area contributed by atoms with Crippen LogP contribution in [0.2, 0.25) is 0 Å². The van der Waals surface area contributed by atoms with Crippen molar-refractivity contribution in [1.82, 2.24) is 4.90 Å². The van der Waals surface area contributed by atoms with Gasteiger partial charge in [-0.25, -0.2) is 4.79 Å². The van der Waals surface area contributed by atoms with Crippen LogP contribution in [0.25, 0.3) is 0 Å². The van der Waals surface area contributed by atoms with Gasteiger partial charge < -0.3 is 29.1 Å². The lowest BCUT2D eigenvalue weighted by atomic mass is 10.1. The van der Waals surface area contributed by atoms with Gasteiger partial charge in [0.2, 0.25) is 0 Å². The smallest absolute Gasteiger partial charge is 0.333 e. The van der Waals surface area contributed by atoms with Gasteiger partial charge in [-0.1, -0.05) is 12.1 Å². The van der Waals surface area contributed by atoms with Crippen molar-refractivity contribution in [3.8, 4) is 11.5 Å². The summed E-state index contributed by atoms with van der Waals surface area (Å²) in [5, 5.41) is 9.08. The zero-order valence-electron chi connectivity index (χ0n) is 18.0. The van der Waals surface area contributed by atoms with Crippen LogP contribution in [-0.4, -0.2) is 68.6 Å². The van der Waals surface area contributed by atoms with Crippen molar-refractivity contribution >= 4 is 17.6 Å². The maximum atomic E-state index is 12.9. The van der Waals surface area contributed by atoms with E-state index >= 15 is 0 Å². The maximum Gasteiger partial charge on any atom is 0.333 e. The Morgan fingerprint density at radius 3 is 2.42 bits per heavy atom. The van der Waals surface area contributed by atoms with Crippen LogP contribution in [-0.2, 0) is 16.0 Å². The largest absolute Gasteiger partial charge is 0.497 e. The van der Waals surface area contributed by atoms with E-state index < -0.39 is 12.1 Å². The molecule has 1 amide bonds. The zero-order chi connectivity index (χ0) is 22.4. The van der Waals surface area contributed by atoms with Crippen LogP contribution >= 0.6 is 0 Å². The lowest BCUT2D eigenvalue weighted by Crippen LogP contribution is -2.48. The molecule has 8 nitrogen and oxygen atoms in total. The minimum Gasteiger partial charge on any atom is -0.497 e. The number of nitrogens with zero attached hydrogens (tertiary/aromatic N) is 2. The summed E-state index contributed by atoms with van der Waals surface area (Å²) in [6.07, 6.45) is -0.591. The van der Waals surface area contributed by atoms with Crippen LogP contribution in [0.3, 0.4) is 0 Å². The number of ether oxygens (including phenoxy) is 3. The molecule has 2 aromatic carbocycles. The molecule has 1 N–H and O–H groups in total. The fraction of sp³-hybridized carbons (Fsp3) is 0.391. The molecule has 1 aliphatic rings. The normalized spacial score (nSPS) is 14.2. The lowest BCUT2D eigenvalue weighted by Gasteiger charge is -2.37. The molecule has 0 bridgehead atoms. The average molecular weight is 428 g/mol. The van der Waals surface area contributed by atoms with E-state index in [1.807, 2.05) is 25.1 Å². The van der Waals surface area contributed by atoms with Gasteiger partial charge in [-0.05, 0) is 36.8 Å². The molecule has 1 heterocycles. The summed E-state index contributed by atoms with van der Waals surface area (Å²) in [5.41, 5.74) is 2.39. The predicted molar refractivity (Wildman–Crippen MR) is 116 cm³/mol. The van der Waals surface area contributed by atoms with E-state index in [1.165, 1.54) is 7.11 Å². The summed E-state index contributed by atoms with van der Waals surface area (Å²) in [5.74, 6) is 0.371. The monoisotopic (exact) mass is 428 g/mol. The molecule has 3 rings (SSSR count). The number of benzene rings is 2. The second-order valence-corrected chi connectivity index (χ2v) is 7.21. The van der Waals surface area contributed by atoms with Gasteiger partial charge in [0.05, 0.1) is 31.6 Å². The summed E-state index contributed by atoms with van der Waals surface area (Å²) in [6.45, 7) is 4.11. The van der Waals surface area contributed by atoms with Gasteiger partial charge >= 0.3 is 5.97 Å². The molecule has 166 valence electrons. The number of hydrogen-bond acceptors (Lipinski definition) is 6. The Balaban J connectivity index is 1.58. The second kappa shape index (κ2) is 10.2. The fourth-order valence-corrected chi connectivity index (χ4v) is 3.52. The van der Waals surface area contributed by atoms with Crippen LogP contribution in [0.15, 0.2) is 42.5 Å². The van der Waals surface area contributed by atoms with Crippen molar-refractivity contribution in [2.75, 3.05) is 45.5 Å². The highest BCUT2D eigenvalue weighted by Gasteiger charge is 2.28. The molecular weight excluding hydrogens is 400 g/mol. The van der Waals surface area contributed by atoms with Gasteiger partial charge in [0.25, 0.3) is 5.91 Å². The van der Waals surface area contributed by atoms with Crippen molar-refractivity contribution < 1.29 is 28.9 Å². The molecule has 0 spiro atoms. The minimum absolute atomic E-state index is 0.0272. The number of carbonyl (C=O) groups is 2. The summed E-state index contributed by atoms with van der Waals surface area (Å²) in [4.78, 5) is 27.9. The number of fused-ring (bicyclic) bond motifs is 1. The molecule has 31 heavy (non-hydrogen) atoms. The van der Waals surface area contributed by atoms with E-state index in [0.717, 1.165) is 23.5 Å². The molecule has 0 aliphatic carbocycles. The first-order valence-corrected chi connectivity index (χ1v) is 10.2. The molecular formula is C23H28N2O6. The lowest BCUT2D eigenvalue weighted by molar-refractivity contribution is -0.148. The minimum atomic E-state index is -0.991. The molecule has 1 unspecified atom stereocenters. The van der Waals surface area contributed by atoms with Gasteiger partial charge in [0.1, 0.15) is 18.1 Å². The Kier molecular flexibility index (Phi) is 7.36. The average Bonchev–Trinajstić information content (AvgIpc) is 2.79. The molecule has 0 saturated heterocycles. The SMILES string of the molecule is CCN1CN(CCOc2ccc(CC(OC)C(=O)O)cc2)C(=O)c2ccc(OC)cc21. The van der Waals surface area contributed by atoms with Crippen LogP contribution in [0.4, 0.5) is 5.69 Å². The van der Waals surface area contributed by atoms with E-state index in [4.69, 9.17) is 19.3 Å². The topological polar surface area (TPSA) is 88.5 Å². The van der Waals surface area contributed by atoms with E-state index in [-0.39, 0.29) is 12.3 Å². The van der Waals surface area contributed by atoms with E-state index in [1.54, 1.807) is 36.3 Å². The first-order chi connectivity index (χ1) is 15.0. The van der Waals surface area contributed by atoms with Gasteiger partial charge in [-0.3, -0.25) is 4.79 Å². The summed E-state index contributed by atoms with van der Waals surface area (Å²) >= 11 is 0. The highest BCUT2D eigenvalue weighted by atomic mass is 16.5. The number of carbonyl (C=O) groups excluding carboxylic acids is 1. The highest BCUT2D eigenvalue weighted by Crippen LogP contribution is 2.30. The summed E-state index contributed by atoms with van der Waals surface area (Å²) in [7, 11) is 2.99. The summed E-state index contributed by atoms with van der Waals surface area (Å²) in [6, 6.07) is 12.7. The van der Waals surface area contributed by atoms with E-state index in [0.29, 0.717) is 31.1 Å². The van der Waals surface area contributed by atoms with Gasteiger partial charge in [-0.2, -0.15) is 0 Å². The molecule has 8 heteroatoms. The van der Waals surface area contributed by atoms with Crippen molar-refractivity contribution in [2.45, 2.75) is 19.4 Å². The van der Waals surface area contributed by atoms with Crippen LogP contribution in [0.1, 0.15) is 22.8 Å². The van der Waals surface area contributed by atoms with Crippen LogP contribution < -0.4 is 14.4 Å². The third kappa shape index (κ3) is 5.27. The summed E-state index contributed by atoms with van der Waals surface area (Å²) < 4.78 is 16.1. The van der Waals surface area contributed by atoms with Crippen molar-refractivity contribution in [3.05, 3.63) is 53.6 Å². The van der Waals surface area contributed by atoms with Gasteiger partial charge in [-0.15, -0.1) is 0 Å². The van der Waals surface area contributed by atoms with E-state index in [2.05, 4.69) is 4.90 Å². The Labute approximate surface area is 181 Å². The molecule has 2 aromatic rings. The number of anilines is 1. The molecule has 0 fully saturated rings. The number of rotatable bonds is 10. The highest BCUT2D eigenvalue weighted by molar-refractivity contribution is 6.01. The Morgan fingerprint density at radius 1 is 1.10 bits per heavy atom. The number of carboxylic acids is 1. The molecule has 0 radical (unpaired) electrons. The quantitative estimate of drug-likeness (QED) is 0.622. The molecule has 0 aromatic heterocycles. The number of amides is 1. The first kappa shape index (κ1) is 22.4. The third-order valence-corrected chi connectivity index (χ3v) is 5.32. The zero-order valence-corrected chi connectivity index (χ0v) is 18.0. The Morgan fingerprint density at radius 2 is 1.81 bits per heavy atom. The van der Waals surface area contributed by atoms with Gasteiger partial charge in [0.15, 0.2) is 6.10 Å². The number of carboxylic acid groups (broad SMARTS) is 1. The van der Waals surface area contributed by atoms with Crippen molar-refractivity contribution in [3.63, 3.8) is 0 Å². The molecule has 0 saturated carbocycles. The Bertz CT molecular complexity index is 915. The fourth-order valence-electron chi connectivity index (χ4n) is 3.52. The maximum absolute atomic E-state index is 12.9. The van der Waals surface area contributed by atoms with Crippen molar-refractivity contribution in [2.24, 2.45) is 0 Å². The van der Waals surface area contributed by atoms with Crippen LogP contribution in [0, 0.1) is 0 Å². The third-order valence-electron chi connectivity index (χ3n) is 5.32. The predicted octanol–water partition coefficient (Wildman–Crippen LogP) is 2.66. The number of methoxy groups -OCH3 is 2. The second-order valence-electron chi connectivity index (χ2n) is 7.21. The van der Waals surface area contributed by atoms with Crippen LogP contribution in [0.5, 0.6) is 11.5 Å². The number of hydrogen-bond donors (Lipinski definition) is 1. The number of aliphatic carboxylic acids is 1. The molecule has 1 aliphatic heterocycles. The Hall–Kier alpha value is -3.26. The van der Waals surface area contributed by atoms with Crippen molar-refractivity contribution in [1.29, 1.82) is 0 Å².